The largest absolute Gasteiger partial charge is 0.402 e. The fraction of sp³-hybridized carbons (Fsp3) is 0.615. The monoisotopic (exact) mass is 314 g/mol. The molecule has 1 rings (SSSR count). The first-order valence-corrected chi connectivity index (χ1v) is 6.35. The molecule has 1 N–H and O–H groups in total. The molecule has 0 saturated carbocycles. The molecular weight excluding hydrogens is 298 g/mol. The molecule has 0 aliphatic heterocycles. The third-order valence-electron chi connectivity index (χ3n) is 2.91. The highest BCUT2D eigenvalue weighted by atomic mass is 19.4. The van der Waals surface area contributed by atoms with Gasteiger partial charge in [-0.3, -0.25) is 4.98 Å². The lowest BCUT2D eigenvalue weighted by Gasteiger charge is -2.31. The van der Waals surface area contributed by atoms with Crippen molar-refractivity contribution in [1.82, 2.24) is 10.3 Å². The van der Waals surface area contributed by atoms with E-state index in [1.807, 2.05) is 0 Å². The summed E-state index contributed by atoms with van der Waals surface area (Å²) >= 11 is 0. The molecule has 0 aliphatic carbocycles. The molecule has 1 unspecified atom stereocenters. The molecule has 0 spiro atoms. The van der Waals surface area contributed by atoms with Gasteiger partial charge in [0.2, 0.25) is 0 Å². The van der Waals surface area contributed by atoms with Gasteiger partial charge in [0, 0.05) is 12.4 Å². The average Bonchev–Trinajstić information content (AvgIpc) is 2.30. The third-order valence-corrected chi connectivity index (χ3v) is 2.91. The Labute approximate surface area is 118 Å². The maximum absolute atomic E-state index is 12.9. The molecule has 0 radical (unpaired) electrons. The van der Waals surface area contributed by atoms with E-state index < -0.39 is 24.3 Å². The fourth-order valence-electron chi connectivity index (χ4n) is 2.04. The van der Waals surface area contributed by atoms with E-state index in [0.717, 1.165) is 6.20 Å². The Balaban J connectivity index is 3.27. The van der Waals surface area contributed by atoms with E-state index in [4.69, 9.17) is 0 Å². The Morgan fingerprint density at radius 3 is 2.10 bits per heavy atom. The van der Waals surface area contributed by atoms with Gasteiger partial charge >= 0.3 is 12.4 Å². The topological polar surface area (TPSA) is 24.9 Å². The number of pyridine rings is 1. The SMILES string of the molecule is CCCNC(c1cncc(C)c1)C(C(F)(F)F)C(F)(F)F. The number of hydrogen-bond acceptors (Lipinski definition) is 2. The number of rotatable bonds is 5. The Morgan fingerprint density at radius 1 is 1.10 bits per heavy atom. The van der Waals surface area contributed by atoms with Gasteiger partial charge in [0.25, 0.3) is 0 Å². The quantitative estimate of drug-likeness (QED) is 0.825. The number of aromatic nitrogens is 1. The molecule has 1 heterocycles. The van der Waals surface area contributed by atoms with Crippen molar-refractivity contribution in [2.75, 3.05) is 6.54 Å². The van der Waals surface area contributed by atoms with Gasteiger partial charge in [-0.2, -0.15) is 26.3 Å². The molecule has 21 heavy (non-hydrogen) atoms. The number of nitrogens with one attached hydrogen (secondary N) is 1. The van der Waals surface area contributed by atoms with Crippen molar-refractivity contribution >= 4 is 0 Å². The van der Waals surface area contributed by atoms with Gasteiger partial charge in [0.1, 0.15) is 0 Å². The lowest BCUT2D eigenvalue weighted by molar-refractivity contribution is -0.292. The van der Waals surface area contributed by atoms with Crippen LogP contribution in [0.3, 0.4) is 0 Å². The van der Waals surface area contributed by atoms with Crippen LogP contribution >= 0.6 is 0 Å². The molecule has 0 aromatic carbocycles. The number of alkyl halides is 6. The minimum Gasteiger partial charge on any atom is -0.309 e. The molecule has 0 aliphatic rings. The second kappa shape index (κ2) is 6.64. The molecule has 0 fully saturated rings. The van der Waals surface area contributed by atoms with Crippen molar-refractivity contribution in [3.8, 4) is 0 Å². The van der Waals surface area contributed by atoms with Crippen LogP contribution in [0.15, 0.2) is 18.5 Å². The molecule has 8 heteroatoms. The summed E-state index contributed by atoms with van der Waals surface area (Å²) in [6, 6.07) is -0.623. The van der Waals surface area contributed by atoms with Gasteiger partial charge in [0.15, 0.2) is 5.92 Å². The van der Waals surface area contributed by atoms with E-state index in [2.05, 4.69) is 10.3 Å². The first kappa shape index (κ1) is 17.7. The summed E-state index contributed by atoms with van der Waals surface area (Å²) < 4.78 is 77.4. The van der Waals surface area contributed by atoms with Crippen LogP contribution in [0.1, 0.15) is 30.5 Å². The summed E-state index contributed by atoms with van der Waals surface area (Å²) in [6.07, 6.45) is -7.97. The molecule has 0 bridgehead atoms. The molecule has 0 saturated heterocycles. The summed E-state index contributed by atoms with van der Waals surface area (Å²) in [5.41, 5.74) is 0.377. The second-order valence-electron chi connectivity index (χ2n) is 4.79. The summed E-state index contributed by atoms with van der Waals surface area (Å²) in [6.45, 7) is 3.26. The van der Waals surface area contributed by atoms with E-state index in [0.29, 0.717) is 12.0 Å². The van der Waals surface area contributed by atoms with Crippen LogP contribution in [0.4, 0.5) is 26.3 Å². The van der Waals surface area contributed by atoms with Crippen LogP contribution in [0.2, 0.25) is 0 Å². The second-order valence-corrected chi connectivity index (χ2v) is 4.79. The highest BCUT2D eigenvalue weighted by Crippen LogP contribution is 2.46. The minimum absolute atomic E-state index is 0.0429. The maximum Gasteiger partial charge on any atom is 0.402 e. The minimum atomic E-state index is -5.40. The number of hydrogen-bond donors (Lipinski definition) is 1. The summed E-state index contributed by atoms with van der Waals surface area (Å²) in [5, 5.41) is 2.35. The standard InChI is InChI=1S/C13H16F6N2/c1-3-4-21-10(9-5-8(2)6-20-7-9)11(12(14,15)16)13(17,18)19/h5-7,10-11,21H,3-4H2,1-2H3. The highest BCUT2D eigenvalue weighted by molar-refractivity contribution is 5.22. The van der Waals surface area contributed by atoms with Crippen LogP contribution in [0.25, 0.3) is 0 Å². The molecule has 1 aromatic heterocycles. The van der Waals surface area contributed by atoms with Crippen LogP contribution in [0, 0.1) is 12.8 Å². The zero-order chi connectivity index (χ0) is 16.3. The van der Waals surface area contributed by atoms with Gasteiger partial charge in [-0.05, 0) is 31.0 Å². The van der Waals surface area contributed by atoms with Gasteiger partial charge < -0.3 is 5.32 Å². The van der Waals surface area contributed by atoms with Crippen molar-refractivity contribution in [2.24, 2.45) is 5.92 Å². The van der Waals surface area contributed by atoms with Crippen molar-refractivity contribution in [2.45, 2.75) is 38.7 Å². The predicted octanol–water partition coefficient (Wildman–Crippen LogP) is 4.17. The molecule has 2 nitrogen and oxygen atoms in total. The lowest BCUT2D eigenvalue weighted by Crippen LogP contribution is -2.46. The Kier molecular flexibility index (Phi) is 5.61. The molecular formula is C13H16F6N2. The Bertz CT molecular complexity index is 441. The first-order chi connectivity index (χ1) is 9.57. The van der Waals surface area contributed by atoms with E-state index in [1.54, 1.807) is 13.8 Å². The summed E-state index contributed by atoms with van der Waals surface area (Å²) in [4.78, 5) is 3.69. The van der Waals surface area contributed by atoms with Gasteiger partial charge in [-0.15, -0.1) is 0 Å². The Hall–Kier alpha value is -1.31. The van der Waals surface area contributed by atoms with Crippen molar-refractivity contribution in [3.05, 3.63) is 29.6 Å². The van der Waals surface area contributed by atoms with E-state index >= 15 is 0 Å². The average molecular weight is 314 g/mol. The summed E-state index contributed by atoms with van der Waals surface area (Å²) in [7, 11) is 0. The Morgan fingerprint density at radius 2 is 1.67 bits per heavy atom. The van der Waals surface area contributed by atoms with E-state index in [-0.39, 0.29) is 12.1 Å². The highest BCUT2D eigenvalue weighted by Gasteiger charge is 2.60. The van der Waals surface area contributed by atoms with Crippen molar-refractivity contribution in [1.29, 1.82) is 0 Å². The zero-order valence-corrected chi connectivity index (χ0v) is 11.5. The van der Waals surface area contributed by atoms with Crippen molar-refractivity contribution < 1.29 is 26.3 Å². The third kappa shape index (κ3) is 4.87. The van der Waals surface area contributed by atoms with Crippen molar-refractivity contribution in [3.63, 3.8) is 0 Å². The fourth-order valence-corrected chi connectivity index (χ4v) is 2.04. The van der Waals surface area contributed by atoms with Gasteiger partial charge in [-0.1, -0.05) is 13.0 Å². The molecule has 0 amide bonds. The van der Waals surface area contributed by atoms with Crippen LogP contribution in [0.5, 0.6) is 0 Å². The number of aryl methyl sites for hydroxylation is 1. The van der Waals surface area contributed by atoms with Gasteiger partial charge in [-0.25, -0.2) is 0 Å². The smallest absolute Gasteiger partial charge is 0.309 e. The number of nitrogens with zero attached hydrogens (tertiary/aromatic N) is 1. The van der Waals surface area contributed by atoms with Crippen LogP contribution in [-0.4, -0.2) is 23.9 Å². The lowest BCUT2D eigenvalue weighted by atomic mass is 9.92. The number of halogens is 6. The van der Waals surface area contributed by atoms with E-state index in [9.17, 15) is 26.3 Å². The maximum atomic E-state index is 12.9. The van der Waals surface area contributed by atoms with Gasteiger partial charge in [0.05, 0.1) is 6.04 Å². The predicted molar refractivity (Wildman–Crippen MR) is 65.6 cm³/mol. The molecule has 1 atom stereocenters. The molecule has 120 valence electrons. The van der Waals surface area contributed by atoms with E-state index in [1.165, 1.54) is 12.3 Å². The van der Waals surface area contributed by atoms with Crippen LogP contribution < -0.4 is 5.32 Å². The summed E-state index contributed by atoms with van der Waals surface area (Å²) in [5.74, 6) is -3.47. The molecule has 1 aromatic rings. The van der Waals surface area contributed by atoms with Crippen LogP contribution in [-0.2, 0) is 0 Å². The first-order valence-electron chi connectivity index (χ1n) is 6.35. The normalized spacial score (nSPS) is 14.5. The zero-order valence-electron chi connectivity index (χ0n) is 11.5.